The molecular weight excluding hydrogens is 280 g/mol. The maximum atomic E-state index is 11.3. The smallest absolute Gasteiger partial charge is 0.336 e. The molecule has 1 rings (SSSR count). The van der Waals surface area contributed by atoms with Crippen molar-refractivity contribution >= 4 is 11.9 Å². The predicted molar refractivity (Wildman–Crippen MR) is 70.9 cm³/mol. The fraction of sp³-hybridized carbons (Fsp3) is 0.286. The standard InChI is InChI=1S/C14H16O7/c1-7(13(17)19-3)11(15)9-5-6-10(21-9)12(16)8(2)14(18)20-4/h5-6,11-12,15-16H,1-2H2,3-4H3. The molecule has 7 heteroatoms. The number of carbonyl (C=O) groups excluding carboxylic acids is 2. The van der Waals surface area contributed by atoms with Crippen LogP contribution in [-0.4, -0.2) is 36.4 Å². The predicted octanol–water partition coefficient (Wildman–Crippen LogP) is 0.805. The van der Waals surface area contributed by atoms with E-state index < -0.39 is 24.1 Å². The summed E-state index contributed by atoms with van der Waals surface area (Å²) in [5.74, 6) is -1.64. The Morgan fingerprint density at radius 3 is 1.62 bits per heavy atom. The van der Waals surface area contributed by atoms with Gasteiger partial charge in [-0.2, -0.15) is 0 Å². The van der Waals surface area contributed by atoms with Gasteiger partial charge in [0.15, 0.2) is 0 Å². The van der Waals surface area contributed by atoms with Gasteiger partial charge in [0, 0.05) is 0 Å². The van der Waals surface area contributed by atoms with Gasteiger partial charge in [-0.15, -0.1) is 0 Å². The van der Waals surface area contributed by atoms with Gasteiger partial charge in [0.2, 0.25) is 0 Å². The molecule has 0 bridgehead atoms. The van der Waals surface area contributed by atoms with Crippen LogP contribution in [0.4, 0.5) is 0 Å². The van der Waals surface area contributed by atoms with Gasteiger partial charge >= 0.3 is 11.9 Å². The van der Waals surface area contributed by atoms with Crippen molar-refractivity contribution in [3.63, 3.8) is 0 Å². The van der Waals surface area contributed by atoms with Gasteiger partial charge in [0.25, 0.3) is 0 Å². The number of furan rings is 1. The Kier molecular flexibility index (Phi) is 5.45. The van der Waals surface area contributed by atoms with Gasteiger partial charge < -0.3 is 24.1 Å². The highest BCUT2D eigenvalue weighted by atomic mass is 16.5. The van der Waals surface area contributed by atoms with E-state index in [0.717, 1.165) is 14.2 Å². The molecule has 2 atom stereocenters. The van der Waals surface area contributed by atoms with Crippen LogP contribution in [0.15, 0.2) is 40.9 Å². The Bertz CT molecular complexity index is 521. The minimum Gasteiger partial charge on any atom is -0.466 e. The van der Waals surface area contributed by atoms with E-state index in [1.165, 1.54) is 12.1 Å². The Balaban J connectivity index is 2.91. The molecule has 2 N–H and O–H groups in total. The first-order valence-electron chi connectivity index (χ1n) is 5.83. The number of aliphatic hydroxyl groups excluding tert-OH is 2. The lowest BCUT2D eigenvalue weighted by molar-refractivity contribution is -0.138. The van der Waals surface area contributed by atoms with Gasteiger partial charge in [0.05, 0.1) is 25.4 Å². The second-order valence-corrected chi connectivity index (χ2v) is 4.08. The third kappa shape index (κ3) is 3.59. The molecule has 1 heterocycles. The average molecular weight is 296 g/mol. The van der Waals surface area contributed by atoms with E-state index in [2.05, 4.69) is 22.6 Å². The zero-order valence-electron chi connectivity index (χ0n) is 11.7. The summed E-state index contributed by atoms with van der Waals surface area (Å²) in [6.45, 7) is 6.79. The normalized spacial score (nSPS) is 13.1. The van der Waals surface area contributed by atoms with Crippen LogP contribution in [-0.2, 0) is 19.1 Å². The van der Waals surface area contributed by atoms with Gasteiger partial charge in [-0.1, -0.05) is 13.2 Å². The highest BCUT2D eigenvalue weighted by molar-refractivity contribution is 5.89. The molecule has 0 radical (unpaired) electrons. The molecule has 21 heavy (non-hydrogen) atoms. The molecular formula is C14H16O7. The van der Waals surface area contributed by atoms with Crippen molar-refractivity contribution in [1.82, 2.24) is 0 Å². The van der Waals surface area contributed by atoms with Crippen LogP contribution in [0.2, 0.25) is 0 Å². The molecule has 114 valence electrons. The molecule has 0 amide bonds. The lowest BCUT2D eigenvalue weighted by atomic mass is 10.1. The number of carbonyl (C=O) groups is 2. The number of rotatable bonds is 6. The highest BCUT2D eigenvalue weighted by Crippen LogP contribution is 2.28. The molecule has 0 aliphatic rings. The molecule has 0 spiro atoms. The van der Waals surface area contributed by atoms with Crippen LogP contribution in [0, 0.1) is 0 Å². The van der Waals surface area contributed by atoms with Gasteiger partial charge in [0.1, 0.15) is 23.7 Å². The summed E-state index contributed by atoms with van der Waals surface area (Å²) >= 11 is 0. The Hall–Kier alpha value is -2.38. The lowest BCUT2D eigenvalue weighted by Crippen LogP contribution is -2.12. The number of ether oxygens (including phenoxy) is 2. The highest BCUT2D eigenvalue weighted by Gasteiger charge is 2.26. The summed E-state index contributed by atoms with van der Waals surface area (Å²) in [6.07, 6.45) is -2.85. The number of esters is 2. The van der Waals surface area contributed by atoms with Crippen LogP contribution < -0.4 is 0 Å². The van der Waals surface area contributed by atoms with E-state index in [1.54, 1.807) is 0 Å². The topological polar surface area (TPSA) is 106 Å². The summed E-state index contributed by atoms with van der Waals surface area (Å²) in [4.78, 5) is 22.5. The quantitative estimate of drug-likeness (QED) is 0.590. The van der Waals surface area contributed by atoms with Crippen LogP contribution >= 0.6 is 0 Å². The van der Waals surface area contributed by atoms with E-state index in [9.17, 15) is 19.8 Å². The average Bonchev–Trinajstić information content (AvgIpc) is 2.99. The molecule has 7 nitrogen and oxygen atoms in total. The molecule has 0 fully saturated rings. The molecule has 0 aromatic carbocycles. The summed E-state index contributed by atoms with van der Waals surface area (Å²) in [6, 6.07) is 2.67. The zero-order valence-corrected chi connectivity index (χ0v) is 11.7. The van der Waals surface area contributed by atoms with Crippen molar-refractivity contribution in [2.24, 2.45) is 0 Å². The molecule has 0 saturated heterocycles. The van der Waals surface area contributed by atoms with Crippen LogP contribution in [0.5, 0.6) is 0 Å². The van der Waals surface area contributed by atoms with E-state index in [0.29, 0.717) is 0 Å². The zero-order chi connectivity index (χ0) is 16.2. The van der Waals surface area contributed by atoms with E-state index >= 15 is 0 Å². The first-order valence-corrected chi connectivity index (χ1v) is 5.83. The molecule has 1 aromatic rings. The molecule has 2 unspecified atom stereocenters. The second kappa shape index (κ2) is 6.87. The Morgan fingerprint density at radius 1 is 1.00 bits per heavy atom. The Labute approximate surface area is 121 Å². The maximum Gasteiger partial charge on any atom is 0.336 e. The van der Waals surface area contributed by atoms with Crippen molar-refractivity contribution in [2.45, 2.75) is 12.2 Å². The SMILES string of the molecule is C=C(C(=O)OC)C(O)c1ccc(C(O)C(=C)C(=O)OC)o1. The van der Waals surface area contributed by atoms with Gasteiger partial charge in [-0.25, -0.2) is 9.59 Å². The largest absolute Gasteiger partial charge is 0.466 e. The van der Waals surface area contributed by atoms with Crippen molar-refractivity contribution in [3.05, 3.63) is 48.0 Å². The van der Waals surface area contributed by atoms with Crippen LogP contribution in [0.1, 0.15) is 23.7 Å². The Morgan fingerprint density at radius 2 is 1.33 bits per heavy atom. The monoisotopic (exact) mass is 296 g/mol. The van der Waals surface area contributed by atoms with Crippen LogP contribution in [0.25, 0.3) is 0 Å². The van der Waals surface area contributed by atoms with Gasteiger partial charge in [-0.05, 0) is 12.1 Å². The molecule has 0 saturated carbocycles. The fourth-order valence-electron chi connectivity index (χ4n) is 1.49. The summed E-state index contributed by atoms with van der Waals surface area (Å²) < 4.78 is 14.1. The molecule has 0 aliphatic heterocycles. The van der Waals surface area contributed by atoms with Crippen molar-refractivity contribution in [1.29, 1.82) is 0 Å². The van der Waals surface area contributed by atoms with E-state index in [1.807, 2.05) is 0 Å². The summed E-state index contributed by atoms with van der Waals surface area (Å²) in [5.41, 5.74) is -0.445. The molecule has 1 aromatic heterocycles. The van der Waals surface area contributed by atoms with E-state index in [4.69, 9.17) is 4.42 Å². The van der Waals surface area contributed by atoms with Gasteiger partial charge in [-0.3, -0.25) is 0 Å². The number of methoxy groups -OCH3 is 2. The summed E-state index contributed by atoms with van der Waals surface area (Å²) in [7, 11) is 2.30. The van der Waals surface area contributed by atoms with Crippen molar-refractivity contribution < 1.29 is 33.7 Å². The van der Waals surface area contributed by atoms with E-state index in [-0.39, 0.29) is 22.7 Å². The third-order valence-corrected chi connectivity index (χ3v) is 2.74. The van der Waals surface area contributed by atoms with Crippen LogP contribution in [0.3, 0.4) is 0 Å². The fourth-order valence-corrected chi connectivity index (χ4v) is 1.49. The number of hydrogen-bond acceptors (Lipinski definition) is 7. The number of hydrogen-bond donors (Lipinski definition) is 2. The van der Waals surface area contributed by atoms with Crippen molar-refractivity contribution in [2.75, 3.05) is 14.2 Å². The van der Waals surface area contributed by atoms with Crippen molar-refractivity contribution in [3.8, 4) is 0 Å². The first kappa shape index (κ1) is 16.7. The summed E-state index contributed by atoms with van der Waals surface area (Å²) in [5, 5.41) is 19.8. The number of aliphatic hydroxyl groups is 2. The first-order chi connectivity index (χ1) is 9.83. The lowest BCUT2D eigenvalue weighted by Gasteiger charge is -2.11. The minimum atomic E-state index is -1.43. The minimum absolute atomic E-state index is 0.0304. The third-order valence-electron chi connectivity index (χ3n) is 2.74. The second-order valence-electron chi connectivity index (χ2n) is 4.08. The molecule has 0 aliphatic carbocycles. The maximum absolute atomic E-state index is 11.3.